The summed E-state index contributed by atoms with van der Waals surface area (Å²) < 4.78 is 1.78. The Morgan fingerprint density at radius 3 is 2.82 bits per heavy atom. The van der Waals surface area contributed by atoms with Crippen LogP contribution in [0.4, 0.5) is 5.13 Å². The monoisotopic (exact) mass is 249 g/mol. The van der Waals surface area contributed by atoms with E-state index in [0.717, 1.165) is 18.7 Å². The van der Waals surface area contributed by atoms with Crippen LogP contribution in [-0.2, 0) is 6.54 Å². The van der Waals surface area contributed by atoms with E-state index in [2.05, 4.69) is 11.9 Å². The summed E-state index contributed by atoms with van der Waals surface area (Å²) in [7, 11) is 0. The fourth-order valence-electron chi connectivity index (χ4n) is 1.78. The summed E-state index contributed by atoms with van der Waals surface area (Å²) in [6.45, 7) is 4.73. The highest BCUT2D eigenvalue weighted by atomic mass is 32.1. The van der Waals surface area contributed by atoms with Crippen LogP contribution >= 0.6 is 11.3 Å². The number of anilines is 1. The Labute approximate surface area is 104 Å². The molecule has 2 aromatic heterocycles. The Kier molecular flexibility index (Phi) is 3.28. The summed E-state index contributed by atoms with van der Waals surface area (Å²) in [5.41, 5.74) is 7.87. The average Bonchev–Trinajstić information content (AvgIpc) is 2.71. The summed E-state index contributed by atoms with van der Waals surface area (Å²) in [5, 5.41) is 2.31. The molecule has 2 N–H and O–H groups in total. The van der Waals surface area contributed by atoms with Crippen LogP contribution in [0.25, 0.3) is 11.3 Å². The number of aromatic nitrogens is 2. The number of hydrogen-bond donors (Lipinski definition) is 1. The molecule has 0 saturated heterocycles. The Balaban J connectivity index is 2.57. The number of hydrogen-bond acceptors (Lipinski definition) is 4. The summed E-state index contributed by atoms with van der Waals surface area (Å²) in [4.78, 5) is 16.4. The van der Waals surface area contributed by atoms with Gasteiger partial charge >= 0.3 is 0 Å². The minimum absolute atomic E-state index is 0.0113. The summed E-state index contributed by atoms with van der Waals surface area (Å²) in [6.07, 6.45) is 0.934. The van der Waals surface area contributed by atoms with Crippen LogP contribution in [0.15, 0.2) is 22.3 Å². The van der Waals surface area contributed by atoms with Crippen molar-refractivity contribution in [1.82, 2.24) is 9.55 Å². The van der Waals surface area contributed by atoms with E-state index in [0.29, 0.717) is 16.4 Å². The van der Waals surface area contributed by atoms with Gasteiger partial charge in [-0.05, 0) is 25.5 Å². The molecule has 0 radical (unpaired) electrons. The fourth-order valence-corrected chi connectivity index (χ4v) is 2.34. The van der Waals surface area contributed by atoms with Crippen molar-refractivity contribution < 1.29 is 0 Å². The second-order valence-electron chi connectivity index (χ2n) is 3.92. The van der Waals surface area contributed by atoms with Gasteiger partial charge in [0.1, 0.15) is 0 Å². The van der Waals surface area contributed by atoms with E-state index in [9.17, 15) is 4.79 Å². The maximum absolute atomic E-state index is 12.3. The molecule has 0 atom stereocenters. The second kappa shape index (κ2) is 4.71. The van der Waals surface area contributed by atoms with E-state index in [1.54, 1.807) is 4.57 Å². The van der Waals surface area contributed by atoms with Crippen molar-refractivity contribution in [3.63, 3.8) is 0 Å². The van der Waals surface area contributed by atoms with Gasteiger partial charge in [0.05, 0.1) is 11.3 Å². The van der Waals surface area contributed by atoms with Crippen LogP contribution in [0.3, 0.4) is 0 Å². The Morgan fingerprint density at radius 2 is 2.24 bits per heavy atom. The van der Waals surface area contributed by atoms with Crippen molar-refractivity contribution in [3.8, 4) is 11.3 Å². The minimum Gasteiger partial charge on any atom is -0.375 e. The molecule has 0 aliphatic carbocycles. The number of thiazole rings is 1. The molecule has 0 spiro atoms. The third-order valence-corrected chi connectivity index (χ3v) is 3.31. The second-order valence-corrected chi connectivity index (χ2v) is 4.81. The predicted molar refractivity (Wildman–Crippen MR) is 71.3 cm³/mol. The third kappa shape index (κ3) is 2.24. The number of nitrogens with zero attached hydrogens (tertiary/aromatic N) is 2. The van der Waals surface area contributed by atoms with Gasteiger partial charge in [0, 0.05) is 17.6 Å². The van der Waals surface area contributed by atoms with Gasteiger partial charge in [0.25, 0.3) is 5.56 Å². The summed E-state index contributed by atoms with van der Waals surface area (Å²) >= 11 is 1.35. The Bertz CT molecular complexity index is 586. The lowest BCUT2D eigenvalue weighted by atomic mass is 10.2. The molecule has 2 aromatic rings. The predicted octanol–water partition coefficient (Wildman–Crippen LogP) is 2.27. The lowest BCUT2D eigenvalue weighted by Gasteiger charge is -2.09. The molecule has 0 unspecified atom stereocenters. The molecule has 2 rings (SSSR count). The smallest absolute Gasteiger partial charge is 0.260 e. The summed E-state index contributed by atoms with van der Waals surface area (Å²) in [6, 6.07) is 3.76. The van der Waals surface area contributed by atoms with Gasteiger partial charge in [-0.15, -0.1) is 11.3 Å². The number of rotatable bonds is 3. The van der Waals surface area contributed by atoms with Gasteiger partial charge < -0.3 is 10.3 Å². The van der Waals surface area contributed by atoms with Crippen molar-refractivity contribution in [3.05, 3.63) is 33.6 Å². The topological polar surface area (TPSA) is 60.9 Å². The SMILES string of the molecule is CCCn1c(C)ccc(-c2csc(N)n2)c1=O. The molecule has 2 heterocycles. The Hall–Kier alpha value is -1.62. The normalized spacial score (nSPS) is 10.7. The van der Waals surface area contributed by atoms with Gasteiger partial charge in [0.15, 0.2) is 5.13 Å². The van der Waals surface area contributed by atoms with Crippen LogP contribution in [-0.4, -0.2) is 9.55 Å². The van der Waals surface area contributed by atoms with E-state index >= 15 is 0 Å². The van der Waals surface area contributed by atoms with Crippen LogP contribution in [0.1, 0.15) is 19.0 Å². The lowest BCUT2D eigenvalue weighted by molar-refractivity contribution is 0.636. The molecule has 0 saturated carbocycles. The van der Waals surface area contributed by atoms with Crippen molar-refractivity contribution >= 4 is 16.5 Å². The standard InChI is InChI=1S/C12H15N3OS/c1-3-6-15-8(2)4-5-9(11(15)16)10-7-17-12(13)14-10/h4-5,7H,3,6H2,1-2H3,(H2,13,14). The fraction of sp³-hybridized carbons (Fsp3) is 0.333. The molecule has 0 fully saturated rings. The van der Waals surface area contributed by atoms with Crippen LogP contribution in [0.2, 0.25) is 0 Å². The van der Waals surface area contributed by atoms with Crippen LogP contribution in [0.5, 0.6) is 0 Å². The largest absolute Gasteiger partial charge is 0.375 e. The zero-order valence-corrected chi connectivity index (χ0v) is 10.8. The summed E-state index contributed by atoms with van der Waals surface area (Å²) in [5.74, 6) is 0. The molecule has 4 nitrogen and oxygen atoms in total. The molecule has 0 aromatic carbocycles. The quantitative estimate of drug-likeness (QED) is 0.907. The number of aryl methyl sites for hydroxylation is 1. The average molecular weight is 249 g/mol. The molecule has 0 bridgehead atoms. The number of pyridine rings is 1. The van der Waals surface area contributed by atoms with Crippen LogP contribution < -0.4 is 11.3 Å². The third-order valence-electron chi connectivity index (χ3n) is 2.64. The highest BCUT2D eigenvalue weighted by molar-refractivity contribution is 7.13. The molecule has 0 aliphatic rings. The Morgan fingerprint density at radius 1 is 1.47 bits per heavy atom. The number of nitrogens with two attached hydrogens (primary N) is 1. The minimum atomic E-state index is 0.0113. The van der Waals surface area contributed by atoms with Crippen molar-refractivity contribution in [1.29, 1.82) is 0 Å². The molecular formula is C12H15N3OS. The van der Waals surface area contributed by atoms with Gasteiger partial charge in [-0.25, -0.2) is 4.98 Å². The first kappa shape index (κ1) is 11.9. The first-order valence-electron chi connectivity index (χ1n) is 5.55. The van der Waals surface area contributed by atoms with Gasteiger partial charge in [-0.2, -0.15) is 0 Å². The van der Waals surface area contributed by atoms with E-state index < -0.39 is 0 Å². The molecular weight excluding hydrogens is 234 g/mol. The van der Waals surface area contributed by atoms with Gasteiger partial charge in [-0.1, -0.05) is 6.92 Å². The maximum Gasteiger partial charge on any atom is 0.260 e. The molecule has 0 aliphatic heterocycles. The maximum atomic E-state index is 12.3. The molecule has 90 valence electrons. The van der Waals surface area contributed by atoms with Gasteiger partial charge in [-0.3, -0.25) is 4.79 Å². The first-order chi connectivity index (χ1) is 8.13. The first-order valence-corrected chi connectivity index (χ1v) is 6.43. The highest BCUT2D eigenvalue weighted by Gasteiger charge is 2.10. The van der Waals surface area contributed by atoms with Gasteiger partial charge in [0.2, 0.25) is 0 Å². The van der Waals surface area contributed by atoms with Crippen molar-refractivity contribution in [2.75, 3.05) is 5.73 Å². The molecule has 17 heavy (non-hydrogen) atoms. The van der Waals surface area contributed by atoms with E-state index in [4.69, 9.17) is 5.73 Å². The van der Waals surface area contributed by atoms with E-state index in [1.807, 2.05) is 24.4 Å². The van der Waals surface area contributed by atoms with E-state index in [-0.39, 0.29) is 5.56 Å². The van der Waals surface area contributed by atoms with Crippen molar-refractivity contribution in [2.45, 2.75) is 26.8 Å². The van der Waals surface area contributed by atoms with Crippen molar-refractivity contribution in [2.24, 2.45) is 0 Å². The highest BCUT2D eigenvalue weighted by Crippen LogP contribution is 2.20. The van der Waals surface area contributed by atoms with E-state index in [1.165, 1.54) is 11.3 Å². The molecule has 0 amide bonds. The van der Waals surface area contributed by atoms with Crippen LogP contribution in [0, 0.1) is 6.92 Å². The number of nitrogen functional groups attached to an aromatic ring is 1. The molecule has 5 heteroatoms. The zero-order chi connectivity index (χ0) is 12.4. The lowest BCUT2D eigenvalue weighted by Crippen LogP contribution is -2.23. The zero-order valence-electron chi connectivity index (χ0n) is 9.93.